The highest BCUT2D eigenvalue weighted by molar-refractivity contribution is 5.94. The van der Waals surface area contributed by atoms with Gasteiger partial charge in [0.2, 0.25) is 0 Å². The summed E-state index contributed by atoms with van der Waals surface area (Å²) in [5, 5.41) is 3.10. The van der Waals surface area contributed by atoms with Crippen molar-refractivity contribution in [2.75, 3.05) is 27.3 Å². The number of benzene rings is 1. The van der Waals surface area contributed by atoms with Crippen LogP contribution in [0, 0.1) is 17.3 Å². The van der Waals surface area contributed by atoms with Crippen LogP contribution in [0.25, 0.3) is 0 Å². The standard InChI is InChI=1S/C24H32N2O4/c1-24(2)17-8-5-16(20(24)11-17)13-26-14-18(12-21(26)23(28)30-4)25-22(27)15-6-9-19(29-3)10-7-15/h5-7,9-10,17-18,20-21H,8,11-14H2,1-4H3,(H,25,27)/t17-,18+,20-,21-/m0/s1. The van der Waals surface area contributed by atoms with Crippen LogP contribution < -0.4 is 10.1 Å². The molecule has 1 aromatic carbocycles. The van der Waals surface area contributed by atoms with Crippen molar-refractivity contribution in [2.45, 2.75) is 45.2 Å². The van der Waals surface area contributed by atoms with Gasteiger partial charge in [-0.2, -0.15) is 0 Å². The van der Waals surface area contributed by atoms with Crippen LogP contribution >= 0.6 is 0 Å². The van der Waals surface area contributed by atoms with Crippen molar-refractivity contribution in [3.05, 3.63) is 41.5 Å². The number of likely N-dealkylation sites (tertiary alicyclic amines) is 1. The van der Waals surface area contributed by atoms with E-state index in [-0.39, 0.29) is 24.0 Å². The number of allylic oxidation sites excluding steroid dienone is 1. The first kappa shape index (κ1) is 20.9. The first-order valence-corrected chi connectivity index (χ1v) is 10.8. The average Bonchev–Trinajstić information content (AvgIpc) is 3.15. The Kier molecular flexibility index (Phi) is 5.62. The van der Waals surface area contributed by atoms with E-state index < -0.39 is 0 Å². The maximum atomic E-state index is 12.7. The minimum absolute atomic E-state index is 0.0879. The van der Waals surface area contributed by atoms with Crippen LogP contribution in [0.4, 0.5) is 0 Å². The van der Waals surface area contributed by atoms with Gasteiger partial charge < -0.3 is 14.8 Å². The number of carbonyl (C=O) groups excluding carboxylic acids is 2. The van der Waals surface area contributed by atoms with Crippen LogP contribution in [-0.2, 0) is 9.53 Å². The smallest absolute Gasteiger partial charge is 0.323 e. The van der Waals surface area contributed by atoms with Gasteiger partial charge >= 0.3 is 5.97 Å². The lowest BCUT2D eigenvalue weighted by molar-refractivity contribution is -0.145. The van der Waals surface area contributed by atoms with Gasteiger partial charge in [-0.1, -0.05) is 25.5 Å². The van der Waals surface area contributed by atoms with Crippen LogP contribution in [0.3, 0.4) is 0 Å². The molecule has 0 aromatic heterocycles. The highest BCUT2D eigenvalue weighted by Gasteiger charge is 2.52. The van der Waals surface area contributed by atoms with E-state index >= 15 is 0 Å². The van der Waals surface area contributed by atoms with E-state index in [4.69, 9.17) is 9.47 Å². The van der Waals surface area contributed by atoms with Crippen molar-refractivity contribution in [1.82, 2.24) is 10.2 Å². The highest BCUT2D eigenvalue weighted by Crippen LogP contribution is 2.59. The van der Waals surface area contributed by atoms with Crippen LogP contribution in [0.2, 0.25) is 0 Å². The second kappa shape index (κ2) is 8.06. The number of fused-ring (bicyclic) bond motifs is 1. The molecule has 162 valence electrons. The second-order valence-corrected chi connectivity index (χ2v) is 9.42. The summed E-state index contributed by atoms with van der Waals surface area (Å²) in [4.78, 5) is 27.3. The van der Waals surface area contributed by atoms with Gasteiger partial charge in [-0.25, -0.2) is 0 Å². The van der Waals surface area contributed by atoms with Crippen LogP contribution in [-0.4, -0.2) is 56.2 Å². The summed E-state index contributed by atoms with van der Waals surface area (Å²) in [6.45, 7) is 6.14. The SMILES string of the molecule is COC(=O)[C@@H]1C[C@@H](NC(=O)c2ccc(OC)cc2)CN1CC1=CC[C@H]2C[C@@H]1C2(C)C. The minimum Gasteiger partial charge on any atom is -0.497 e. The van der Waals surface area contributed by atoms with Crippen molar-refractivity contribution in [1.29, 1.82) is 0 Å². The molecule has 1 N–H and O–H groups in total. The summed E-state index contributed by atoms with van der Waals surface area (Å²) in [7, 11) is 3.03. The Morgan fingerprint density at radius 2 is 1.90 bits per heavy atom. The molecule has 0 spiro atoms. The first-order chi connectivity index (χ1) is 14.3. The van der Waals surface area contributed by atoms with Crippen LogP contribution in [0.5, 0.6) is 5.75 Å². The molecule has 1 heterocycles. The van der Waals surface area contributed by atoms with Crippen molar-refractivity contribution < 1.29 is 19.1 Å². The summed E-state index contributed by atoms with van der Waals surface area (Å²) >= 11 is 0. The molecule has 6 heteroatoms. The van der Waals surface area contributed by atoms with Gasteiger partial charge in [-0.3, -0.25) is 14.5 Å². The molecular formula is C24H32N2O4. The number of ether oxygens (including phenoxy) is 2. The molecule has 0 unspecified atom stereocenters. The van der Waals surface area contributed by atoms with E-state index in [0.29, 0.717) is 35.6 Å². The number of nitrogens with zero attached hydrogens (tertiary/aromatic N) is 1. The Balaban J connectivity index is 1.43. The summed E-state index contributed by atoms with van der Waals surface area (Å²) in [5.41, 5.74) is 2.38. The fourth-order valence-electron chi connectivity index (χ4n) is 5.47. The minimum atomic E-state index is -0.321. The number of hydrogen-bond donors (Lipinski definition) is 1. The van der Waals surface area contributed by atoms with Crippen LogP contribution in [0.15, 0.2) is 35.9 Å². The van der Waals surface area contributed by atoms with Crippen molar-refractivity contribution in [3.63, 3.8) is 0 Å². The Bertz CT molecular complexity index is 845. The Morgan fingerprint density at radius 3 is 2.50 bits per heavy atom. The summed E-state index contributed by atoms with van der Waals surface area (Å²) in [5.74, 6) is 1.75. The van der Waals surface area contributed by atoms with E-state index in [1.54, 1.807) is 31.4 Å². The van der Waals surface area contributed by atoms with E-state index in [2.05, 4.69) is 30.1 Å². The van der Waals surface area contributed by atoms with E-state index in [9.17, 15) is 9.59 Å². The average molecular weight is 413 g/mol. The predicted octanol–water partition coefficient (Wildman–Crippen LogP) is 3.03. The lowest BCUT2D eigenvalue weighted by Gasteiger charge is -2.57. The molecule has 5 rings (SSSR count). The molecule has 4 aliphatic rings. The molecule has 2 bridgehead atoms. The number of esters is 1. The van der Waals surface area contributed by atoms with E-state index in [0.717, 1.165) is 18.9 Å². The normalized spacial score (nSPS) is 29.5. The van der Waals surface area contributed by atoms with E-state index in [1.165, 1.54) is 19.1 Å². The van der Waals surface area contributed by atoms with Gasteiger partial charge in [0, 0.05) is 24.7 Å². The lowest BCUT2D eigenvalue weighted by atomic mass is 9.49. The first-order valence-electron chi connectivity index (χ1n) is 10.8. The zero-order chi connectivity index (χ0) is 21.5. The monoisotopic (exact) mass is 412 g/mol. The number of rotatable bonds is 6. The lowest BCUT2D eigenvalue weighted by Crippen LogP contribution is -2.50. The second-order valence-electron chi connectivity index (χ2n) is 9.42. The Hall–Kier alpha value is -2.34. The third-order valence-corrected chi connectivity index (χ3v) is 7.53. The molecular weight excluding hydrogens is 380 g/mol. The molecule has 1 aromatic rings. The topological polar surface area (TPSA) is 67.9 Å². The van der Waals surface area contributed by atoms with Crippen molar-refractivity contribution >= 4 is 11.9 Å². The van der Waals surface area contributed by atoms with Gasteiger partial charge in [-0.05, 0) is 60.8 Å². The van der Waals surface area contributed by atoms with Crippen molar-refractivity contribution in [2.24, 2.45) is 17.3 Å². The molecule has 3 aliphatic carbocycles. The van der Waals surface area contributed by atoms with Gasteiger partial charge in [0.05, 0.1) is 14.2 Å². The number of hydrogen-bond acceptors (Lipinski definition) is 5. The van der Waals surface area contributed by atoms with Gasteiger partial charge in [0.15, 0.2) is 0 Å². The quantitative estimate of drug-likeness (QED) is 0.575. The molecule has 1 saturated heterocycles. The molecule has 0 radical (unpaired) electrons. The van der Waals surface area contributed by atoms with Gasteiger partial charge in [-0.15, -0.1) is 0 Å². The molecule has 1 amide bonds. The fraction of sp³-hybridized carbons (Fsp3) is 0.583. The third-order valence-electron chi connectivity index (χ3n) is 7.53. The zero-order valence-corrected chi connectivity index (χ0v) is 18.3. The number of nitrogens with one attached hydrogen (secondary N) is 1. The fourth-order valence-corrected chi connectivity index (χ4v) is 5.47. The summed E-state index contributed by atoms with van der Waals surface area (Å²) < 4.78 is 10.2. The molecule has 2 fully saturated rings. The third kappa shape index (κ3) is 3.73. The van der Waals surface area contributed by atoms with Crippen LogP contribution in [0.1, 0.15) is 43.5 Å². The van der Waals surface area contributed by atoms with Crippen molar-refractivity contribution in [3.8, 4) is 5.75 Å². The maximum Gasteiger partial charge on any atom is 0.323 e. The molecule has 6 nitrogen and oxygen atoms in total. The zero-order valence-electron chi connectivity index (χ0n) is 18.3. The maximum absolute atomic E-state index is 12.7. The predicted molar refractivity (Wildman–Crippen MR) is 114 cm³/mol. The number of amides is 1. The van der Waals surface area contributed by atoms with Gasteiger partial charge in [0.25, 0.3) is 5.91 Å². The number of carbonyl (C=O) groups is 2. The molecule has 30 heavy (non-hydrogen) atoms. The Morgan fingerprint density at radius 1 is 1.17 bits per heavy atom. The summed E-state index contributed by atoms with van der Waals surface area (Å²) in [6.07, 6.45) is 5.33. The Labute approximate surface area is 178 Å². The van der Waals surface area contributed by atoms with Gasteiger partial charge in [0.1, 0.15) is 11.8 Å². The van der Waals surface area contributed by atoms with E-state index in [1.807, 2.05) is 0 Å². The highest BCUT2D eigenvalue weighted by atomic mass is 16.5. The number of methoxy groups -OCH3 is 2. The molecule has 4 atom stereocenters. The largest absolute Gasteiger partial charge is 0.497 e. The summed E-state index contributed by atoms with van der Waals surface area (Å²) in [6, 6.07) is 6.64. The molecule has 1 aliphatic heterocycles. The molecule has 1 saturated carbocycles.